The van der Waals surface area contributed by atoms with E-state index >= 15 is 0 Å². The minimum absolute atomic E-state index is 0.218. The molecule has 4 heteroatoms. The van der Waals surface area contributed by atoms with Crippen molar-refractivity contribution in [3.63, 3.8) is 0 Å². The van der Waals surface area contributed by atoms with Gasteiger partial charge in [-0.05, 0) is 37.2 Å². The van der Waals surface area contributed by atoms with Gasteiger partial charge in [-0.25, -0.2) is 0 Å². The monoisotopic (exact) mass is 250 g/mol. The molecular formula is C14H22N2O2. The van der Waals surface area contributed by atoms with Crippen LogP contribution >= 0.6 is 0 Å². The van der Waals surface area contributed by atoms with Gasteiger partial charge in [-0.3, -0.25) is 4.90 Å². The number of hydrogen-bond acceptors (Lipinski definition) is 4. The molecule has 1 aromatic carbocycles. The molecule has 4 nitrogen and oxygen atoms in total. The maximum atomic E-state index is 9.79. The average molecular weight is 250 g/mol. The van der Waals surface area contributed by atoms with Crippen LogP contribution in [0.1, 0.15) is 18.9 Å². The Balaban J connectivity index is 2.04. The Bertz CT molecular complexity index is 389. The summed E-state index contributed by atoms with van der Waals surface area (Å²) in [6.07, 6.45) is 1.20. The Morgan fingerprint density at radius 3 is 2.89 bits per heavy atom. The average Bonchev–Trinajstić information content (AvgIpc) is 2.90. The predicted octanol–water partition coefficient (Wildman–Crippen LogP) is 1.58. The Hall–Kier alpha value is -1.26. The van der Waals surface area contributed by atoms with E-state index < -0.39 is 0 Å². The number of nitrogens with zero attached hydrogens (tertiary/aromatic N) is 1. The van der Waals surface area contributed by atoms with Gasteiger partial charge in [-0.1, -0.05) is 13.0 Å². The van der Waals surface area contributed by atoms with Gasteiger partial charge in [0, 0.05) is 19.1 Å². The predicted molar refractivity (Wildman–Crippen MR) is 72.0 cm³/mol. The molecule has 0 amide bonds. The topological polar surface area (TPSA) is 44.7 Å². The highest BCUT2D eigenvalue weighted by Crippen LogP contribution is 2.27. The summed E-state index contributed by atoms with van der Waals surface area (Å²) in [7, 11) is 1.57. The van der Waals surface area contributed by atoms with Crippen molar-refractivity contribution in [1.29, 1.82) is 0 Å². The van der Waals surface area contributed by atoms with E-state index in [9.17, 15) is 5.11 Å². The number of rotatable bonds is 5. The maximum Gasteiger partial charge on any atom is 0.160 e. The fraction of sp³-hybridized carbons (Fsp3) is 0.571. The van der Waals surface area contributed by atoms with Gasteiger partial charge in [-0.15, -0.1) is 0 Å². The Morgan fingerprint density at radius 1 is 1.50 bits per heavy atom. The molecule has 1 saturated heterocycles. The molecule has 1 aliphatic heterocycles. The van der Waals surface area contributed by atoms with Crippen LogP contribution in [-0.4, -0.2) is 42.8 Å². The summed E-state index contributed by atoms with van der Waals surface area (Å²) in [5, 5.41) is 13.2. The first kappa shape index (κ1) is 13.2. The van der Waals surface area contributed by atoms with E-state index in [1.54, 1.807) is 13.2 Å². The van der Waals surface area contributed by atoms with Crippen LogP contribution in [0.5, 0.6) is 11.5 Å². The number of phenolic OH excluding ortho intramolecular Hbond substituents is 1. The zero-order valence-electron chi connectivity index (χ0n) is 11.1. The van der Waals surface area contributed by atoms with Crippen molar-refractivity contribution in [2.75, 3.05) is 26.7 Å². The van der Waals surface area contributed by atoms with Crippen LogP contribution in [0.4, 0.5) is 0 Å². The fourth-order valence-electron chi connectivity index (χ4n) is 2.52. The summed E-state index contributed by atoms with van der Waals surface area (Å²) in [6.45, 7) is 6.26. The number of methoxy groups -OCH3 is 1. The number of phenols is 1. The summed E-state index contributed by atoms with van der Waals surface area (Å²) in [5.74, 6) is 0.750. The number of nitrogens with one attached hydrogen (secondary N) is 1. The summed E-state index contributed by atoms with van der Waals surface area (Å²) in [5.41, 5.74) is 1.13. The van der Waals surface area contributed by atoms with E-state index in [0.717, 1.165) is 31.7 Å². The number of likely N-dealkylation sites (N-methyl/N-ethyl adjacent to an activating group) is 1. The van der Waals surface area contributed by atoms with E-state index in [1.807, 2.05) is 12.1 Å². The molecule has 1 aromatic rings. The molecule has 0 radical (unpaired) electrons. The smallest absolute Gasteiger partial charge is 0.160 e. The summed E-state index contributed by atoms with van der Waals surface area (Å²) in [6, 6.07) is 6.25. The lowest BCUT2D eigenvalue weighted by Crippen LogP contribution is -2.36. The molecule has 100 valence electrons. The third-order valence-corrected chi connectivity index (χ3v) is 3.59. The number of ether oxygens (including phenoxy) is 1. The quantitative estimate of drug-likeness (QED) is 0.833. The van der Waals surface area contributed by atoms with Crippen LogP contribution in [0.3, 0.4) is 0 Å². The van der Waals surface area contributed by atoms with E-state index in [2.05, 4.69) is 17.1 Å². The molecule has 1 fully saturated rings. The van der Waals surface area contributed by atoms with Gasteiger partial charge in [0.25, 0.3) is 0 Å². The van der Waals surface area contributed by atoms with Crippen molar-refractivity contribution in [2.45, 2.75) is 25.9 Å². The third kappa shape index (κ3) is 2.94. The highest BCUT2D eigenvalue weighted by atomic mass is 16.5. The normalized spacial score (nSPS) is 19.4. The van der Waals surface area contributed by atoms with Gasteiger partial charge >= 0.3 is 0 Å². The molecule has 2 N–H and O–H groups in total. The summed E-state index contributed by atoms with van der Waals surface area (Å²) >= 11 is 0. The lowest BCUT2D eigenvalue weighted by atomic mass is 10.1. The van der Waals surface area contributed by atoms with Crippen molar-refractivity contribution in [3.8, 4) is 11.5 Å². The molecule has 1 heterocycles. The second-order valence-corrected chi connectivity index (χ2v) is 4.72. The number of benzene rings is 1. The Labute approximate surface area is 109 Å². The van der Waals surface area contributed by atoms with Gasteiger partial charge in [0.1, 0.15) is 0 Å². The standard InChI is InChI=1S/C14H22N2O2/c1-3-16(12-6-7-15-9-12)10-11-4-5-14(18-2)13(17)8-11/h4-5,8,12,15,17H,3,6-7,9-10H2,1-2H3. The molecule has 18 heavy (non-hydrogen) atoms. The van der Waals surface area contributed by atoms with E-state index in [1.165, 1.54) is 6.42 Å². The molecule has 1 atom stereocenters. The molecule has 0 aromatic heterocycles. The lowest BCUT2D eigenvalue weighted by Gasteiger charge is -2.27. The third-order valence-electron chi connectivity index (χ3n) is 3.59. The first-order chi connectivity index (χ1) is 8.74. The Kier molecular flexibility index (Phi) is 4.44. The minimum Gasteiger partial charge on any atom is -0.504 e. The van der Waals surface area contributed by atoms with Crippen molar-refractivity contribution in [3.05, 3.63) is 23.8 Å². The van der Waals surface area contributed by atoms with Gasteiger partial charge in [0.05, 0.1) is 7.11 Å². The zero-order valence-corrected chi connectivity index (χ0v) is 11.1. The molecule has 1 aliphatic rings. The number of aromatic hydroxyl groups is 1. The molecule has 2 rings (SSSR count). The highest BCUT2D eigenvalue weighted by molar-refractivity contribution is 5.41. The van der Waals surface area contributed by atoms with Gasteiger partial charge in [-0.2, -0.15) is 0 Å². The first-order valence-corrected chi connectivity index (χ1v) is 6.55. The van der Waals surface area contributed by atoms with Crippen LogP contribution in [0.15, 0.2) is 18.2 Å². The van der Waals surface area contributed by atoms with Crippen LogP contribution in [0.25, 0.3) is 0 Å². The lowest BCUT2D eigenvalue weighted by molar-refractivity contribution is 0.210. The van der Waals surface area contributed by atoms with E-state index in [0.29, 0.717) is 11.8 Å². The molecular weight excluding hydrogens is 228 g/mol. The minimum atomic E-state index is 0.218. The van der Waals surface area contributed by atoms with Crippen LogP contribution in [0, 0.1) is 0 Å². The second-order valence-electron chi connectivity index (χ2n) is 4.72. The van der Waals surface area contributed by atoms with Crippen LogP contribution in [0.2, 0.25) is 0 Å². The molecule has 0 spiro atoms. The van der Waals surface area contributed by atoms with Crippen molar-refractivity contribution >= 4 is 0 Å². The van der Waals surface area contributed by atoms with Crippen molar-refractivity contribution < 1.29 is 9.84 Å². The number of hydrogen-bond donors (Lipinski definition) is 2. The molecule has 0 saturated carbocycles. The SMILES string of the molecule is CCN(Cc1ccc(OC)c(O)c1)C1CCNC1. The molecule has 0 bridgehead atoms. The van der Waals surface area contributed by atoms with Gasteiger partial charge < -0.3 is 15.2 Å². The fourth-order valence-corrected chi connectivity index (χ4v) is 2.52. The first-order valence-electron chi connectivity index (χ1n) is 6.55. The summed E-state index contributed by atoms with van der Waals surface area (Å²) < 4.78 is 5.06. The highest BCUT2D eigenvalue weighted by Gasteiger charge is 2.21. The van der Waals surface area contributed by atoms with Gasteiger partial charge in [0.15, 0.2) is 11.5 Å². The van der Waals surface area contributed by atoms with Crippen LogP contribution < -0.4 is 10.1 Å². The van der Waals surface area contributed by atoms with Crippen molar-refractivity contribution in [1.82, 2.24) is 10.2 Å². The summed E-state index contributed by atoms with van der Waals surface area (Å²) in [4.78, 5) is 2.45. The van der Waals surface area contributed by atoms with E-state index in [-0.39, 0.29) is 5.75 Å². The molecule has 1 unspecified atom stereocenters. The largest absolute Gasteiger partial charge is 0.504 e. The molecule has 0 aliphatic carbocycles. The maximum absolute atomic E-state index is 9.79. The van der Waals surface area contributed by atoms with Crippen LogP contribution in [-0.2, 0) is 6.54 Å². The zero-order chi connectivity index (χ0) is 13.0. The van der Waals surface area contributed by atoms with Gasteiger partial charge in [0.2, 0.25) is 0 Å². The Morgan fingerprint density at radius 2 is 2.33 bits per heavy atom. The van der Waals surface area contributed by atoms with Crippen molar-refractivity contribution in [2.24, 2.45) is 0 Å². The van der Waals surface area contributed by atoms with E-state index in [4.69, 9.17) is 4.74 Å². The second kappa shape index (κ2) is 6.07.